The Balaban J connectivity index is 0.00000256. The molecule has 1 aromatic carbocycles. The first-order valence-electron chi connectivity index (χ1n) is 4.63. The Kier molecular flexibility index (Phi) is 7.46. The number of carbonyl (C=O) groups is 1. The number of likely N-dealkylation sites (N-methyl/N-ethyl adjacent to an activating group) is 1. The third-order valence-electron chi connectivity index (χ3n) is 1.92. The minimum Gasteiger partial charge on any atom is -0.351 e. The third kappa shape index (κ3) is 4.68. The van der Waals surface area contributed by atoms with Gasteiger partial charge in [-0.25, -0.2) is 4.39 Å². The second kappa shape index (κ2) is 7.71. The van der Waals surface area contributed by atoms with E-state index in [4.69, 9.17) is 23.2 Å². The number of halogens is 4. The van der Waals surface area contributed by atoms with Crippen LogP contribution in [0.2, 0.25) is 10.0 Å². The first-order valence-corrected chi connectivity index (χ1v) is 5.39. The molecule has 17 heavy (non-hydrogen) atoms. The molecular formula is C10H12Cl3FN2O. The van der Waals surface area contributed by atoms with Gasteiger partial charge in [0.05, 0.1) is 15.6 Å². The van der Waals surface area contributed by atoms with Gasteiger partial charge in [0.15, 0.2) is 0 Å². The van der Waals surface area contributed by atoms with Crippen molar-refractivity contribution in [1.82, 2.24) is 10.6 Å². The van der Waals surface area contributed by atoms with Crippen molar-refractivity contribution in [3.8, 4) is 0 Å². The molecule has 0 radical (unpaired) electrons. The molecule has 0 saturated carbocycles. The highest BCUT2D eigenvalue weighted by molar-refractivity contribution is 6.36. The lowest BCUT2D eigenvalue weighted by Crippen LogP contribution is -2.30. The van der Waals surface area contributed by atoms with Crippen molar-refractivity contribution in [2.24, 2.45) is 0 Å². The predicted octanol–water partition coefficient (Wildman–Crippen LogP) is 2.50. The fraction of sp³-hybridized carbons (Fsp3) is 0.300. The monoisotopic (exact) mass is 300 g/mol. The zero-order chi connectivity index (χ0) is 12.1. The fourth-order valence-corrected chi connectivity index (χ4v) is 1.56. The maximum Gasteiger partial charge on any atom is 0.252 e. The number of hydrogen-bond donors (Lipinski definition) is 2. The summed E-state index contributed by atoms with van der Waals surface area (Å²) in [6.45, 7) is 1.06. The smallest absolute Gasteiger partial charge is 0.252 e. The van der Waals surface area contributed by atoms with Gasteiger partial charge in [0.25, 0.3) is 5.91 Å². The minimum absolute atomic E-state index is 0. The van der Waals surface area contributed by atoms with Crippen LogP contribution in [0.3, 0.4) is 0 Å². The molecule has 0 bridgehead atoms. The average Bonchev–Trinajstić information content (AvgIpc) is 2.23. The number of hydrogen-bond acceptors (Lipinski definition) is 2. The summed E-state index contributed by atoms with van der Waals surface area (Å²) in [4.78, 5) is 11.6. The molecule has 0 unspecified atom stereocenters. The van der Waals surface area contributed by atoms with E-state index in [-0.39, 0.29) is 28.0 Å². The van der Waals surface area contributed by atoms with Crippen LogP contribution in [0.15, 0.2) is 12.1 Å². The summed E-state index contributed by atoms with van der Waals surface area (Å²) in [6.07, 6.45) is 0. The van der Waals surface area contributed by atoms with Crippen LogP contribution in [0.4, 0.5) is 4.39 Å². The van der Waals surface area contributed by atoms with E-state index >= 15 is 0 Å². The largest absolute Gasteiger partial charge is 0.351 e. The normalized spacial score (nSPS) is 9.65. The van der Waals surface area contributed by atoms with Crippen molar-refractivity contribution in [3.63, 3.8) is 0 Å². The molecule has 0 aliphatic rings. The van der Waals surface area contributed by atoms with E-state index in [0.717, 1.165) is 6.07 Å². The van der Waals surface area contributed by atoms with Crippen molar-refractivity contribution in [2.75, 3.05) is 20.1 Å². The van der Waals surface area contributed by atoms with Gasteiger partial charge in [-0.1, -0.05) is 23.2 Å². The van der Waals surface area contributed by atoms with Crippen LogP contribution in [0.1, 0.15) is 10.4 Å². The van der Waals surface area contributed by atoms with Crippen LogP contribution in [0.5, 0.6) is 0 Å². The summed E-state index contributed by atoms with van der Waals surface area (Å²) < 4.78 is 13.1. The molecule has 0 saturated heterocycles. The number of rotatable bonds is 4. The van der Waals surface area contributed by atoms with Crippen molar-refractivity contribution in [1.29, 1.82) is 0 Å². The number of benzene rings is 1. The molecule has 0 aliphatic heterocycles. The van der Waals surface area contributed by atoms with Crippen LogP contribution in [-0.2, 0) is 0 Å². The van der Waals surface area contributed by atoms with E-state index in [0.29, 0.717) is 13.1 Å². The van der Waals surface area contributed by atoms with E-state index in [2.05, 4.69) is 10.6 Å². The standard InChI is InChI=1S/C10H11Cl2FN2O.ClH/c1-14-2-3-15-10(16)6-4-9(13)8(12)5-7(6)11;/h4-5,14H,2-3H2,1H3,(H,15,16);1H. The van der Waals surface area contributed by atoms with Gasteiger partial charge < -0.3 is 10.6 Å². The Bertz CT molecular complexity index is 401. The zero-order valence-corrected chi connectivity index (χ0v) is 11.3. The molecule has 0 fully saturated rings. The summed E-state index contributed by atoms with van der Waals surface area (Å²) in [5.41, 5.74) is 0.0830. The van der Waals surface area contributed by atoms with E-state index in [9.17, 15) is 9.18 Å². The molecule has 0 aliphatic carbocycles. The molecular weight excluding hydrogens is 289 g/mol. The molecule has 0 spiro atoms. The van der Waals surface area contributed by atoms with Crippen LogP contribution in [-0.4, -0.2) is 26.0 Å². The van der Waals surface area contributed by atoms with E-state index in [1.165, 1.54) is 6.07 Å². The highest BCUT2D eigenvalue weighted by Crippen LogP contribution is 2.24. The molecule has 0 aromatic heterocycles. The van der Waals surface area contributed by atoms with Crippen LogP contribution in [0.25, 0.3) is 0 Å². The Morgan fingerprint density at radius 3 is 2.53 bits per heavy atom. The van der Waals surface area contributed by atoms with Gasteiger partial charge in [0, 0.05) is 13.1 Å². The van der Waals surface area contributed by atoms with Gasteiger partial charge in [0.2, 0.25) is 0 Å². The molecule has 2 N–H and O–H groups in total. The first kappa shape index (κ1) is 16.4. The van der Waals surface area contributed by atoms with Crippen molar-refractivity contribution in [3.05, 3.63) is 33.6 Å². The third-order valence-corrected chi connectivity index (χ3v) is 2.52. The van der Waals surface area contributed by atoms with E-state index < -0.39 is 11.7 Å². The first-order chi connectivity index (χ1) is 7.56. The van der Waals surface area contributed by atoms with Crippen molar-refractivity contribution in [2.45, 2.75) is 0 Å². The molecule has 3 nitrogen and oxygen atoms in total. The number of carbonyl (C=O) groups excluding carboxylic acids is 1. The number of amides is 1. The second-order valence-corrected chi connectivity index (χ2v) is 3.92. The van der Waals surface area contributed by atoms with Gasteiger partial charge >= 0.3 is 0 Å². The Hall–Kier alpha value is -0.550. The van der Waals surface area contributed by atoms with Crippen LogP contribution in [0, 0.1) is 5.82 Å². The molecule has 7 heteroatoms. The molecule has 96 valence electrons. The lowest BCUT2D eigenvalue weighted by Gasteiger charge is -2.07. The summed E-state index contributed by atoms with van der Waals surface area (Å²) in [5.74, 6) is -1.08. The maximum atomic E-state index is 13.1. The topological polar surface area (TPSA) is 41.1 Å². The highest BCUT2D eigenvalue weighted by atomic mass is 35.5. The molecule has 1 aromatic rings. The maximum absolute atomic E-state index is 13.1. The summed E-state index contributed by atoms with van der Waals surface area (Å²) in [5, 5.41) is 5.49. The fourth-order valence-electron chi connectivity index (χ4n) is 1.09. The molecule has 1 rings (SSSR count). The Labute approximate surface area is 115 Å². The Morgan fingerprint density at radius 2 is 1.94 bits per heavy atom. The van der Waals surface area contributed by atoms with Crippen molar-refractivity contribution >= 4 is 41.5 Å². The van der Waals surface area contributed by atoms with E-state index in [1.807, 2.05) is 0 Å². The molecule has 0 heterocycles. The number of nitrogens with one attached hydrogen (secondary N) is 2. The predicted molar refractivity (Wildman–Crippen MR) is 69.9 cm³/mol. The second-order valence-electron chi connectivity index (χ2n) is 3.11. The van der Waals surface area contributed by atoms with E-state index in [1.54, 1.807) is 7.05 Å². The highest BCUT2D eigenvalue weighted by Gasteiger charge is 2.13. The summed E-state index contributed by atoms with van der Waals surface area (Å²) in [6, 6.07) is 2.24. The van der Waals surface area contributed by atoms with Crippen LogP contribution < -0.4 is 10.6 Å². The minimum atomic E-state index is -0.662. The summed E-state index contributed by atoms with van der Waals surface area (Å²) in [7, 11) is 1.76. The van der Waals surface area contributed by atoms with Gasteiger partial charge in [0.1, 0.15) is 5.82 Å². The lowest BCUT2D eigenvalue weighted by molar-refractivity contribution is 0.0954. The SMILES string of the molecule is CNCCNC(=O)c1cc(F)c(Cl)cc1Cl.Cl. The van der Waals surface area contributed by atoms with Crippen LogP contribution >= 0.6 is 35.6 Å². The van der Waals surface area contributed by atoms with Gasteiger partial charge in [-0.15, -0.1) is 12.4 Å². The lowest BCUT2D eigenvalue weighted by atomic mass is 10.2. The Morgan fingerprint density at radius 1 is 1.29 bits per heavy atom. The quantitative estimate of drug-likeness (QED) is 0.663. The summed E-state index contributed by atoms with van der Waals surface area (Å²) >= 11 is 11.3. The van der Waals surface area contributed by atoms with Gasteiger partial charge in [-0.3, -0.25) is 4.79 Å². The average molecular weight is 302 g/mol. The zero-order valence-electron chi connectivity index (χ0n) is 9.02. The van der Waals surface area contributed by atoms with Gasteiger partial charge in [-0.05, 0) is 19.2 Å². The molecule has 0 atom stereocenters. The van der Waals surface area contributed by atoms with Gasteiger partial charge in [-0.2, -0.15) is 0 Å². The van der Waals surface area contributed by atoms with Crippen molar-refractivity contribution < 1.29 is 9.18 Å². The molecule has 1 amide bonds.